The first kappa shape index (κ1) is 21.8. The lowest BCUT2D eigenvalue weighted by Gasteiger charge is -2.24. The Bertz CT molecular complexity index is 1080. The van der Waals surface area contributed by atoms with Crippen LogP contribution in [0.1, 0.15) is 58.4 Å². The first-order valence-electron chi connectivity index (χ1n) is 11.3. The molecule has 0 unspecified atom stereocenters. The first-order valence-corrected chi connectivity index (χ1v) is 11.6. The zero-order valence-corrected chi connectivity index (χ0v) is 19.4. The molecule has 1 amide bonds. The topological polar surface area (TPSA) is 66.2 Å². The van der Waals surface area contributed by atoms with E-state index in [1.54, 1.807) is 0 Å². The lowest BCUT2D eigenvalue weighted by Crippen LogP contribution is -2.33. The maximum absolute atomic E-state index is 12.1. The SMILES string of the molecule is CC(C)(C)OC(=O)NCCc1cc(NC2CCCCC2)cc2c1[nH]c1ccc(Cl)cc12. The van der Waals surface area contributed by atoms with E-state index >= 15 is 0 Å². The number of aromatic nitrogens is 1. The molecule has 5 nitrogen and oxygen atoms in total. The second-order valence-corrected chi connectivity index (χ2v) is 9.97. The molecule has 1 aliphatic rings. The molecule has 0 aliphatic heterocycles. The normalized spacial score (nSPS) is 15.4. The number of nitrogens with one attached hydrogen (secondary N) is 3. The number of amides is 1. The number of rotatable bonds is 5. The van der Waals surface area contributed by atoms with Gasteiger partial charge in [-0.05, 0) is 75.9 Å². The molecule has 0 radical (unpaired) electrons. The zero-order valence-electron chi connectivity index (χ0n) is 18.6. The van der Waals surface area contributed by atoms with E-state index in [1.165, 1.54) is 37.7 Å². The summed E-state index contributed by atoms with van der Waals surface area (Å²) in [5.74, 6) is 0. The van der Waals surface area contributed by atoms with E-state index in [4.69, 9.17) is 16.3 Å². The number of hydrogen-bond acceptors (Lipinski definition) is 3. The first-order chi connectivity index (χ1) is 14.8. The molecule has 166 valence electrons. The van der Waals surface area contributed by atoms with Crippen molar-refractivity contribution in [2.24, 2.45) is 0 Å². The van der Waals surface area contributed by atoms with E-state index in [0.717, 1.165) is 32.5 Å². The van der Waals surface area contributed by atoms with Crippen molar-refractivity contribution in [2.45, 2.75) is 70.9 Å². The maximum atomic E-state index is 12.1. The Labute approximate surface area is 188 Å². The van der Waals surface area contributed by atoms with Crippen molar-refractivity contribution < 1.29 is 9.53 Å². The number of anilines is 1. The predicted octanol–water partition coefficient (Wildman–Crippen LogP) is 6.79. The van der Waals surface area contributed by atoms with E-state index in [1.807, 2.05) is 39.0 Å². The fourth-order valence-corrected chi connectivity index (χ4v) is 4.59. The number of carbonyl (C=O) groups is 1. The molecule has 1 aliphatic carbocycles. The fraction of sp³-hybridized carbons (Fsp3) is 0.480. The Morgan fingerprint density at radius 1 is 1.13 bits per heavy atom. The molecule has 1 aromatic heterocycles. The number of hydrogen-bond donors (Lipinski definition) is 3. The molecule has 31 heavy (non-hydrogen) atoms. The highest BCUT2D eigenvalue weighted by atomic mass is 35.5. The van der Waals surface area contributed by atoms with Crippen molar-refractivity contribution in [1.29, 1.82) is 0 Å². The molecule has 0 bridgehead atoms. The molecule has 0 spiro atoms. The van der Waals surface area contributed by atoms with Gasteiger partial charge in [0.2, 0.25) is 0 Å². The summed E-state index contributed by atoms with van der Waals surface area (Å²) in [7, 11) is 0. The predicted molar refractivity (Wildman–Crippen MR) is 129 cm³/mol. The van der Waals surface area contributed by atoms with Crippen LogP contribution in [-0.2, 0) is 11.2 Å². The van der Waals surface area contributed by atoms with Gasteiger partial charge in [-0.25, -0.2) is 4.79 Å². The number of carbonyl (C=O) groups excluding carboxylic acids is 1. The highest BCUT2D eigenvalue weighted by Gasteiger charge is 2.18. The van der Waals surface area contributed by atoms with Crippen LogP contribution in [0.2, 0.25) is 5.02 Å². The third kappa shape index (κ3) is 5.45. The van der Waals surface area contributed by atoms with Gasteiger partial charge in [-0.3, -0.25) is 0 Å². The van der Waals surface area contributed by atoms with Gasteiger partial charge in [-0.1, -0.05) is 30.9 Å². The summed E-state index contributed by atoms with van der Waals surface area (Å²) < 4.78 is 5.36. The summed E-state index contributed by atoms with van der Waals surface area (Å²) >= 11 is 6.29. The number of H-pyrrole nitrogens is 1. The summed E-state index contributed by atoms with van der Waals surface area (Å²) in [6.07, 6.45) is 6.66. The van der Waals surface area contributed by atoms with Crippen molar-refractivity contribution in [3.8, 4) is 0 Å². The number of fused-ring (bicyclic) bond motifs is 3. The fourth-order valence-electron chi connectivity index (χ4n) is 4.42. The van der Waals surface area contributed by atoms with E-state index in [0.29, 0.717) is 19.0 Å². The van der Waals surface area contributed by atoms with Gasteiger partial charge in [0.1, 0.15) is 5.60 Å². The third-order valence-corrected chi connectivity index (χ3v) is 6.03. The summed E-state index contributed by atoms with van der Waals surface area (Å²) in [6.45, 7) is 6.11. The van der Waals surface area contributed by atoms with Crippen LogP contribution in [0.25, 0.3) is 21.8 Å². The number of benzene rings is 2. The monoisotopic (exact) mass is 441 g/mol. The van der Waals surface area contributed by atoms with Crippen molar-refractivity contribution >= 4 is 45.2 Å². The number of halogens is 1. The summed E-state index contributed by atoms with van der Waals surface area (Å²) in [5, 5.41) is 9.64. The largest absolute Gasteiger partial charge is 0.444 e. The Morgan fingerprint density at radius 2 is 1.90 bits per heavy atom. The minimum Gasteiger partial charge on any atom is -0.444 e. The molecule has 6 heteroatoms. The molecule has 2 aromatic carbocycles. The van der Waals surface area contributed by atoms with Gasteiger partial charge in [-0.2, -0.15) is 0 Å². The third-order valence-electron chi connectivity index (χ3n) is 5.79. The second-order valence-electron chi connectivity index (χ2n) is 9.53. The van der Waals surface area contributed by atoms with E-state index in [2.05, 4.69) is 27.8 Å². The quantitative estimate of drug-likeness (QED) is 0.408. The summed E-state index contributed by atoms with van der Waals surface area (Å²) in [5.41, 5.74) is 3.96. The molecule has 1 saturated carbocycles. The van der Waals surface area contributed by atoms with E-state index in [9.17, 15) is 4.79 Å². The lowest BCUT2D eigenvalue weighted by atomic mass is 9.95. The van der Waals surface area contributed by atoms with Gasteiger partial charge in [0, 0.05) is 45.1 Å². The highest BCUT2D eigenvalue weighted by molar-refractivity contribution is 6.31. The minimum atomic E-state index is -0.502. The van der Waals surface area contributed by atoms with Crippen molar-refractivity contribution in [3.63, 3.8) is 0 Å². The van der Waals surface area contributed by atoms with Crippen LogP contribution in [0.15, 0.2) is 30.3 Å². The van der Waals surface area contributed by atoms with Gasteiger partial charge in [0.05, 0.1) is 0 Å². The van der Waals surface area contributed by atoms with Crippen LogP contribution in [0.4, 0.5) is 10.5 Å². The van der Waals surface area contributed by atoms with Crippen molar-refractivity contribution in [1.82, 2.24) is 10.3 Å². The van der Waals surface area contributed by atoms with Crippen molar-refractivity contribution in [3.05, 3.63) is 40.9 Å². The second kappa shape index (κ2) is 8.99. The summed E-state index contributed by atoms with van der Waals surface area (Å²) in [4.78, 5) is 15.6. The minimum absolute atomic E-state index is 0.386. The molecular weight excluding hydrogens is 410 g/mol. The average molecular weight is 442 g/mol. The Balaban J connectivity index is 1.61. The van der Waals surface area contributed by atoms with Gasteiger partial charge < -0.3 is 20.4 Å². The number of alkyl carbamates (subject to hydrolysis) is 1. The van der Waals surface area contributed by atoms with Crippen LogP contribution in [0, 0.1) is 0 Å². The van der Waals surface area contributed by atoms with E-state index < -0.39 is 5.60 Å². The number of ether oxygens (including phenoxy) is 1. The maximum Gasteiger partial charge on any atom is 0.407 e. The molecule has 1 heterocycles. The standard InChI is InChI=1S/C25H32ClN3O2/c1-25(2,3)31-24(30)27-12-11-16-13-19(28-18-7-5-4-6-8-18)15-21-20-14-17(26)9-10-22(20)29-23(16)21/h9-10,13-15,18,28-29H,4-8,11-12H2,1-3H3,(H,27,30). The molecular formula is C25H32ClN3O2. The molecule has 1 fully saturated rings. The summed E-state index contributed by atoms with van der Waals surface area (Å²) in [6, 6.07) is 10.9. The molecule has 4 rings (SSSR count). The molecule has 3 N–H and O–H groups in total. The van der Waals surface area contributed by atoms with Gasteiger partial charge in [-0.15, -0.1) is 0 Å². The van der Waals surface area contributed by atoms with E-state index in [-0.39, 0.29) is 6.09 Å². The Hall–Kier alpha value is -2.40. The molecule has 3 aromatic rings. The highest BCUT2D eigenvalue weighted by Crippen LogP contribution is 2.33. The van der Waals surface area contributed by atoms with Crippen LogP contribution in [0.5, 0.6) is 0 Å². The van der Waals surface area contributed by atoms with Gasteiger partial charge in [0.25, 0.3) is 0 Å². The van der Waals surface area contributed by atoms with Crippen LogP contribution in [-0.4, -0.2) is 29.3 Å². The Kier molecular flexibility index (Phi) is 6.33. The van der Waals surface area contributed by atoms with Crippen LogP contribution >= 0.6 is 11.6 Å². The molecule has 0 atom stereocenters. The average Bonchev–Trinajstić information content (AvgIpc) is 3.05. The zero-order chi connectivity index (χ0) is 22.0. The smallest absolute Gasteiger partial charge is 0.407 e. The Morgan fingerprint density at radius 3 is 2.65 bits per heavy atom. The van der Waals surface area contributed by atoms with Gasteiger partial charge >= 0.3 is 6.09 Å². The van der Waals surface area contributed by atoms with Gasteiger partial charge in [0.15, 0.2) is 0 Å². The molecule has 0 saturated heterocycles. The van der Waals surface area contributed by atoms with Crippen molar-refractivity contribution in [2.75, 3.05) is 11.9 Å². The van der Waals surface area contributed by atoms with Crippen LogP contribution < -0.4 is 10.6 Å². The number of aromatic amines is 1. The lowest BCUT2D eigenvalue weighted by molar-refractivity contribution is 0.0528. The van der Waals surface area contributed by atoms with Crippen LogP contribution in [0.3, 0.4) is 0 Å².